The molecule has 30 heavy (non-hydrogen) atoms. The van der Waals surface area contributed by atoms with Gasteiger partial charge in [-0.25, -0.2) is 0 Å². The number of aromatic nitrogens is 3. The molecule has 7 nitrogen and oxygen atoms in total. The predicted octanol–water partition coefficient (Wildman–Crippen LogP) is 4.64. The lowest BCUT2D eigenvalue weighted by molar-refractivity contribution is 0.0950. The highest BCUT2D eigenvalue weighted by Crippen LogP contribution is 2.35. The van der Waals surface area contributed by atoms with Gasteiger partial charge in [-0.05, 0) is 60.1 Å². The Morgan fingerprint density at radius 1 is 1.23 bits per heavy atom. The fourth-order valence-corrected chi connectivity index (χ4v) is 4.29. The van der Waals surface area contributed by atoms with Crippen LogP contribution in [-0.2, 0) is 6.54 Å². The summed E-state index contributed by atoms with van der Waals surface area (Å²) in [4.78, 5) is 25.3. The Morgan fingerprint density at radius 2 is 1.97 bits per heavy atom. The average molecular weight is 442 g/mol. The lowest BCUT2D eigenvalue weighted by Crippen LogP contribution is -2.25. The first-order valence-electron chi connectivity index (χ1n) is 9.87. The average Bonchev–Trinajstić information content (AvgIpc) is 3.34. The first-order valence-corrected chi connectivity index (χ1v) is 11.2. The van der Waals surface area contributed by atoms with Crippen molar-refractivity contribution in [1.29, 1.82) is 0 Å². The number of benzene rings is 1. The maximum Gasteiger partial charge on any atom is 0.256 e. The van der Waals surface area contributed by atoms with Gasteiger partial charge in [-0.3, -0.25) is 19.3 Å². The second kappa shape index (κ2) is 8.53. The van der Waals surface area contributed by atoms with Crippen LogP contribution in [0.3, 0.4) is 0 Å². The molecule has 4 rings (SSSR count). The van der Waals surface area contributed by atoms with E-state index < -0.39 is 0 Å². The minimum absolute atomic E-state index is 0.239. The molecule has 1 fully saturated rings. The molecule has 1 saturated carbocycles. The third-order valence-electron chi connectivity index (χ3n) is 5.07. The first-order chi connectivity index (χ1) is 14.4. The van der Waals surface area contributed by atoms with E-state index in [9.17, 15) is 9.59 Å². The summed E-state index contributed by atoms with van der Waals surface area (Å²) in [5.41, 5.74) is 2.16. The number of nitrogens with zero attached hydrogens (tertiary/aromatic N) is 2. The summed E-state index contributed by atoms with van der Waals surface area (Å²) in [6, 6.07) is 9.59. The van der Waals surface area contributed by atoms with Gasteiger partial charge in [-0.2, -0.15) is 5.10 Å². The number of rotatable bonds is 7. The SMILES string of the molecule is CC(C)c1ccc(C(=O)Nc2sccc2C(=O)NCc2n[nH]c(=S)n2C2CC2)cc1. The molecule has 0 bridgehead atoms. The molecule has 1 aliphatic rings. The molecule has 2 aromatic heterocycles. The van der Waals surface area contributed by atoms with Crippen molar-refractivity contribution in [3.05, 3.63) is 63.0 Å². The van der Waals surface area contributed by atoms with Gasteiger partial charge in [0.05, 0.1) is 12.1 Å². The van der Waals surface area contributed by atoms with Crippen LogP contribution in [0.25, 0.3) is 0 Å². The molecule has 0 radical (unpaired) electrons. The Hall–Kier alpha value is -2.78. The Bertz CT molecular complexity index is 1120. The second-order valence-corrected chi connectivity index (χ2v) is 8.93. The van der Waals surface area contributed by atoms with Crippen molar-refractivity contribution in [2.75, 3.05) is 5.32 Å². The molecule has 156 valence electrons. The maximum atomic E-state index is 12.7. The zero-order chi connectivity index (χ0) is 21.3. The molecule has 9 heteroatoms. The van der Waals surface area contributed by atoms with Crippen molar-refractivity contribution < 1.29 is 9.59 Å². The van der Waals surface area contributed by atoms with Crippen molar-refractivity contribution >= 4 is 40.4 Å². The van der Waals surface area contributed by atoms with Gasteiger partial charge >= 0.3 is 0 Å². The van der Waals surface area contributed by atoms with Crippen molar-refractivity contribution in [3.63, 3.8) is 0 Å². The Kier molecular flexibility index (Phi) is 5.83. The second-order valence-electron chi connectivity index (χ2n) is 7.62. The van der Waals surface area contributed by atoms with Crippen molar-refractivity contribution in [2.45, 2.75) is 45.2 Å². The lowest BCUT2D eigenvalue weighted by atomic mass is 10.0. The number of aromatic amines is 1. The molecule has 3 aromatic rings. The molecule has 2 heterocycles. The van der Waals surface area contributed by atoms with Crippen LogP contribution in [0.15, 0.2) is 35.7 Å². The fourth-order valence-electron chi connectivity index (χ4n) is 3.21. The lowest BCUT2D eigenvalue weighted by Gasteiger charge is -2.09. The van der Waals surface area contributed by atoms with Crippen molar-refractivity contribution in [3.8, 4) is 0 Å². The maximum absolute atomic E-state index is 12.7. The highest BCUT2D eigenvalue weighted by Gasteiger charge is 2.27. The summed E-state index contributed by atoms with van der Waals surface area (Å²) in [5.74, 6) is 0.607. The normalized spacial score (nSPS) is 13.4. The molecule has 0 atom stereocenters. The number of carbonyl (C=O) groups is 2. The van der Waals surface area contributed by atoms with E-state index in [2.05, 4.69) is 34.7 Å². The molecule has 0 unspecified atom stereocenters. The molecule has 0 aliphatic heterocycles. The summed E-state index contributed by atoms with van der Waals surface area (Å²) in [7, 11) is 0. The van der Waals surface area contributed by atoms with E-state index in [0.717, 1.165) is 12.8 Å². The van der Waals surface area contributed by atoms with E-state index in [1.54, 1.807) is 23.6 Å². The van der Waals surface area contributed by atoms with E-state index in [4.69, 9.17) is 12.2 Å². The van der Waals surface area contributed by atoms with E-state index in [-0.39, 0.29) is 18.4 Å². The van der Waals surface area contributed by atoms with Crippen LogP contribution in [0.5, 0.6) is 0 Å². The Balaban J connectivity index is 1.42. The number of amides is 2. The van der Waals surface area contributed by atoms with E-state index in [1.165, 1.54) is 16.9 Å². The molecular formula is C21H23N5O2S2. The minimum Gasteiger partial charge on any atom is -0.345 e. The third kappa shape index (κ3) is 4.36. The van der Waals surface area contributed by atoms with Gasteiger partial charge < -0.3 is 10.6 Å². The van der Waals surface area contributed by atoms with Crippen LogP contribution in [0.2, 0.25) is 0 Å². The quantitative estimate of drug-likeness (QED) is 0.466. The minimum atomic E-state index is -0.266. The number of anilines is 1. The Morgan fingerprint density at radius 3 is 2.63 bits per heavy atom. The molecule has 0 saturated heterocycles. The summed E-state index contributed by atoms with van der Waals surface area (Å²) in [6.07, 6.45) is 2.15. The van der Waals surface area contributed by atoms with E-state index >= 15 is 0 Å². The number of carbonyl (C=O) groups excluding carboxylic acids is 2. The Labute approximate surface area is 183 Å². The standard InChI is InChI=1S/C21H23N5O2S2/c1-12(2)13-3-5-14(6-4-13)18(27)23-20-16(9-10-30-20)19(28)22-11-17-24-25-21(29)26(17)15-7-8-15/h3-6,9-10,12,15H,7-8,11H2,1-2H3,(H,22,28)(H,23,27)(H,25,29). The van der Waals surface area contributed by atoms with Gasteiger partial charge in [-0.15, -0.1) is 11.3 Å². The van der Waals surface area contributed by atoms with Gasteiger partial charge in [-0.1, -0.05) is 26.0 Å². The predicted molar refractivity (Wildman–Crippen MR) is 120 cm³/mol. The number of hydrogen-bond donors (Lipinski definition) is 3. The number of hydrogen-bond acceptors (Lipinski definition) is 5. The monoisotopic (exact) mass is 441 g/mol. The highest BCUT2D eigenvalue weighted by atomic mass is 32.1. The van der Waals surface area contributed by atoms with Crippen LogP contribution >= 0.6 is 23.6 Å². The third-order valence-corrected chi connectivity index (χ3v) is 6.19. The van der Waals surface area contributed by atoms with E-state index in [0.29, 0.717) is 38.7 Å². The zero-order valence-electron chi connectivity index (χ0n) is 16.8. The van der Waals surface area contributed by atoms with Crippen LogP contribution in [0, 0.1) is 4.77 Å². The molecule has 0 spiro atoms. The van der Waals surface area contributed by atoms with Gasteiger partial charge in [0.1, 0.15) is 5.00 Å². The topological polar surface area (TPSA) is 91.8 Å². The highest BCUT2D eigenvalue weighted by molar-refractivity contribution is 7.71. The summed E-state index contributed by atoms with van der Waals surface area (Å²) < 4.78 is 2.54. The molecule has 1 aliphatic carbocycles. The van der Waals surface area contributed by atoms with E-state index in [1.807, 2.05) is 16.7 Å². The number of thiophene rings is 1. The van der Waals surface area contributed by atoms with Crippen LogP contribution < -0.4 is 10.6 Å². The molecule has 2 amide bonds. The summed E-state index contributed by atoms with van der Waals surface area (Å²) in [6.45, 7) is 4.48. The fraction of sp³-hybridized carbons (Fsp3) is 0.333. The van der Waals surface area contributed by atoms with Gasteiger partial charge in [0.2, 0.25) is 0 Å². The zero-order valence-corrected chi connectivity index (χ0v) is 18.4. The smallest absolute Gasteiger partial charge is 0.256 e. The van der Waals surface area contributed by atoms with Crippen LogP contribution in [0.1, 0.15) is 70.8 Å². The molecule has 3 N–H and O–H groups in total. The van der Waals surface area contributed by atoms with Gasteiger partial charge in [0.15, 0.2) is 10.6 Å². The van der Waals surface area contributed by atoms with Crippen LogP contribution in [-0.4, -0.2) is 26.6 Å². The number of nitrogens with one attached hydrogen (secondary N) is 3. The summed E-state index contributed by atoms with van der Waals surface area (Å²) in [5, 5.41) is 15.1. The van der Waals surface area contributed by atoms with Gasteiger partial charge in [0.25, 0.3) is 11.8 Å². The molecular weight excluding hydrogens is 418 g/mol. The first kappa shape index (κ1) is 20.5. The van der Waals surface area contributed by atoms with Crippen molar-refractivity contribution in [1.82, 2.24) is 20.1 Å². The summed E-state index contributed by atoms with van der Waals surface area (Å²) >= 11 is 6.59. The van der Waals surface area contributed by atoms with Gasteiger partial charge in [0, 0.05) is 11.6 Å². The number of H-pyrrole nitrogens is 1. The largest absolute Gasteiger partial charge is 0.345 e. The van der Waals surface area contributed by atoms with Crippen molar-refractivity contribution in [2.24, 2.45) is 0 Å². The molecule has 1 aromatic carbocycles. The van der Waals surface area contributed by atoms with Crippen LogP contribution in [0.4, 0.5) is 5.00 Å².